The van der Waals surface area contributed by atoms with Crippen LogP contribution in [0.2, 0.25) is 0 Å². The summed E-state index contributed by atoms with van der Waals surface area (Å²) in [5.41, 5.74) is 0.966. The minimum absolute atomic E-state index is 0.0954. The minimum atomic E-state index is -3.43. The van der Waals surface area contributed by atoms with Gasteiger partial charge in [0, 0.05) is 19.3 Å². The van der Waals surface area contributed by atoms with Crippen LogP contribution in [0, 0.1) is 5.92 Å². The molecule has 0 unspecified atom stereocenters. The van der Waals surface area contributed by atoms with Gasteiger partial charge in [-0.2, -0.15) is 0 Å². The lowest BCUT2D eigenvalue weighted by Gasteiger charge is -2.06. The molecule has 0 atom stereocenters. The van der Waals surface area contributed by atoms with Crippen LogP contribution in [0.3, 0.4) is 0 Å². The van der Waals surface area contributed by atoms with Crippen LogP contribution in [0.15, 0.2) is 23.4 Å². The molecular weight excluding hydrogens is 238 g/mol. The molecule has 0 saturated heterocycles. The van der Waals surface area contributed by atoms with Gasteiger partial charge < -0.3 is 5.32 Å². The topological polar surface area (TPSA) is 71.1 Å². The summed E-state index contributed by atoms with van der Waals surface area (Å²) in [5.74, 6) is 0.522. The van der Waals surface area contributed by atoms with Crippen LogP contribution >= 0.6 is 0 Å². The fourth-order valence-electron chi connectivity index (χ4n) is 1.50. The van der Waals surface area contributed by atoms with E-state index in [0.29, 0.717) is 19.0 Å². The first-order valence-corrected chi connectivity index (χ1v) is 7.19. The summed E-state index contributed by atoms with van der Waals surface area (Å²) in [6.07, 6.45) is 3.83. The summed E-state index contributed by atoms with van der Waals surface area (Å²) in [6.45, 7) is 1.21. The fourth-order valence-corrected chi connectivity index (χ4v) is 2.54. The lowest BCUT2D eigenvalue weighted by Crippen LogP contribution is -2.26. The van der Waals surface area contributed by atoms with Gasteiger partial charge in [-0.05, 0) is 37.4 Å². The summed E-state index contributed by atoms with van der Waals surface area (Å²) < 4.78 is 26.3. The molecule has 1 aromatic rings. The van der Waals surface area contributed by atoms with E-state index in [2.05, 4.69) is 15.0 Å². The quantitative estimate of drug-likeness (QED) is 0.776. The number of pyridine rings is 1. The molecule has 1 fully saturated rings. The van der Waals surface area contributed by atoms with Crippen molar-refractivity contribution >= 4 is 10.0 Å². The Labute approximate surface area is 102 Å². The van der Waals surface area contributed by atoms with Crippen LogP contribution < -0.4 is 10.0 Å². The van der Waals surface area contributed by atoms with Crippen molar-refractivity contribution in [3.8, 4) is 0 Å². The Morgan fingerprint density at radius 1 is 1.41 bits per heavy atom. The van der Waals surface area contributed by atoms with E-state index in [0.717, 1.165) is 18.4 Å². The van der Waals surface area contributed by atoms with Crippen LogP contribution in [0.25, 0.3) is 0 Å². The van der Waals surface area contributed by atoms with Crippen molar-refractivity contribution in [3.05, 3.63) is 23.9 Å². The first kappa shape index (κ1) is 12.5. The van der Waals surface area contributed by atoms with Gasteiger partial charge in [-0.3, -0.25) is 0 Å². The molecule has 0 aliphatic heterocycles. The van der Waals surface area contributed by atoms with Crippen molar-refractivity contribution in [2.24, 2.45) is 5.92 Å². The summed E-state index contributed by atoms with van der Waals surface area (Å²) in [6, 6.07) is 3.32. The lowest BCUT2D eigenvalue weighted by atomic mass is 10.3. The number of rotatable bonds is 6. The molecule has 0 aromatic carbocycles. The third-order valence-electron chi connectivity index (χ3n) is 2.71. The number of sulfonamides is 1. The van der Waals surface area contributed by atoms with Crippen molar-refractivity contribution in [3.63, 3.8) is 0 Å². The van der Waals surface area contributed by atoms with Crippen LogP contribution in [0.5, 0.6) is 0 Å². The fraction of sp³-hybridized carbons (Fsp3) is 0.545. The van der Waals surface area contributed by atoms with E-state index in [9.17, 15) is 8.42 Å². The van der Waals surface area contributed by atoms with Gasteiger partial charge in [0.2, 0.25) is 0 Å². The Kier molecular flexibility index (Phi) is 3.76. The SMILES string of the molecule is CNCc1ccc(S(=O)(=O)NCC2CC2)nc1. The maximum Gasteiger partial charge on any atom is 0.258 e. The van der Waals surface area contributed by atoms with E-state index in [1.54, 1.807) is 18.3 Å². The van der Waals surface area contributed by atoms with Gasteiger partial charge >= 0.3 is 0 Å². The van der Waals surface area contributed by atoms with Crippen molar-refractivity contribution in [2.75, 3.05) is 13.6 Å². The molecule has 5 nitrogen and oxygen atoms in total. The third kappa shape index (κ3) is 3.49. The standard InChI is InChI=1S/C11H17N3O2S/c1-12-6-10-4-5-11(13-7-10)17(15,16)14-8-9-2-3-9/h4-5,7,9,12,14H,2-3,6,8H2,1H3. The van der Waals surface area contributed by atoms with Gasteiger partial charge in [-0.25, -0.2) is 18.1 Å². The molecule has 0 bridgehead atoms. The number of nitrogens with zero attached hydrogens (tertiary/aromatic N) is 1. The molecule has 0 spiro atoms. The zero-order chi connectivity index (χ0) is 12.3. The van der Waals surface area contributed by atoms with Crippen molar-refractivity contribution in [1.82, 2.24) is 15.0 Å². The van der Waals surface area contributed by atoms with Gasteiger partial charge in [0.1, 0.15) is 0 Å². The zero-order valence-electron chi connectivity index (χ0n) is 9.81. The molecule has 1 saturated carbocycles. The average Bonchev–Trinajstić information content (AvgIpc) is 3.12. The molecule has 17 heavy (non-hydrogen) atoms. The van der Waals surface area contributed by atoms with Crippen LogP contribution in [-0.4, -0.2) is 27.0 Å². The monoisotopic (exact) mass is 255 g/mol. The molecule has 1 aromatic heterocycles. The van der Waals surface area contributed by atoms with E-state index in [-0.39, 0.29) is 5.03 Å². The van der Waals surface area contributed by atoms with Crippen LogP contribution in [0.4, 0.5) is 0 Å². The molecule has 1 heterocycles. The van der Waals surface area contributed by atoms with E-state index in [1.165, 1.54) is 0 Å². The molecular formula is C11H17N3O2S. The van der Waals surface area contributed by atoms with Gasteiger partial charge in [-0.15, -0.1) is 0 Å². The Morgan fingerprint density at radius 2 is 2.18 bits per heavy atom. The van der Waals surface area contributed by atoms with Gasteiger partial charge in [0.05, 0.1) is 0 Å². The number of hydrogen-bond acceptors (Lipinski definition) is 4. The van der Waals surface area contributed by atoms with Gasteiger partial charge in [0.25, 0.3) is 10.0 Å². The highest BCUT2D eigenvalue weighted by molar-refractivity contribution is 7.89. The van der Waals surface area contributed by atoms with E-state index < -0.39 is 10.0 Å². The number of nitrogens with one attached hydrogen (secondary N) is 2. The Balaban J connectivity index is 2.03. The number of hydrogen-bond donors (Lipinski definition) is 2. The predicted molar refractivity (Wildman–Crippen MR) is 64.9 cm³/mol. The molecule has 2 N–H and O–H groups in total. The average molecular weight is 255 g/mol. The van der Waals surface area contributed by atoms with Crippen LogP contribution in [0.1, 0.15) is 18.4 Å². The summed E-state index contributed by atoms with van der Waals surface area (Å²) in [5, 5.41) is 3.08. The second-order valence-electron chi connectivity index (χ2n) is 4.33. The summed E-state index contributed by atoms with van der Waals surface area (Å²) >= 11 is 0. The second kappa shape index (κ2) is 5.12. The predicted octanol–water partition coefficient (Wildman–Crippen LogP) is 0.489. The Bertz CT molecular complexity index is 466. The maximum atomic E-state index is 11.8. The van der Waals surface area contributed by atoms with E-state index in [4.69, 9.17) is 0 Å². The maximum absolute atomic E-state index is 11.8. The van der Waals surface area contributed by atoms with E-state index >= 15 is 0 Å². The molecule has 94 valence electrons. The molecule has 1 aliphatic carbocycles. The highest BCUT2D eigenvalue weighted by Gasteiger charge is 2.24. The number of aromatic nitrogens is 1. The molecule has 0 radical (unpaired) electrons. The normalized spacial score (nSPS) is 16.1. The van der Waals surface area contributed by atoms with Crippen molar-refractivity contribution < 1.29 is 8.42 Å². The zero-order valence-corrected chi connectivity index (χ0v) is 10.6. The highest BCUT2D eigenvalue weighted by Crippen LogP contribution is 2.28. The van der Waals surface area contributed by atoms with Crippen molar-refractivity contribution in [2.45, 2.75) is 24.4 Å². The first-order chi connectivity index (χ1) is 8.12. The van der Waals surface area contributed by atoms with Gasteiger partial charge in [0.15, 0.2) is 5.03 Å². The van der Waals surface area contributed by atoms with Crippen molar-refractivity contribution in [1.29, 1.82) is 0 Å². The van der Waals surface area contributed by atoms with E-state index in [1.807, 2.05) is 7.05 Å². The third-order valence-corrected chi connectivity index (χ3v) is 4.05. The van der Waals surface area contributed by atoms with Crippen LogP contribution in [-0.2, 0) is 16.6 Å². The lowest BCUT2D eigenvalue weighted by molar-refractivity contribution is 0.573. The largest absolute Gasteiger partial charge is 0.316 e. The molecule has 0 amide bonds. The summed E-state index contributed by atoms with van der Waals surface area (Å²) in [7, 11) is -1.59. The summed E-state index contributed by atoms with van der Waals surface area (Å²) in [4.78, 5) is 3.98. The Morgan fingerprint density at radius 3 is 2.71 bits per heavy atom. The highest BCUT2D eigenvalue weighted by atomic mass is 32.2. The molecule has 2 rings (SSSR count). The first-order valence-electron chi connectivity index (χ1n) is 5.71. The Hall–Kier alpha value is -0.980. The minimum Gasteiger partial charge on any atom is -0.316 e. The smallest absolute Gasteiger partial charge is 0.258 e. The van der Waals surface area contributed by atoms with Gasteiger partial charge in [-0.1, -0.05) is 6.07 Å². The molecule has 1 aliphatic rings. The second-order valence-corrected chi connectivity index (χ2v) is 6.04. The molecule has 6 heteroatoms.